The van der Waals surface area contributed by atoms with Crippen LogP contribution >= 0.6 is 0 Å². The first-order chi connectivity index (χ1) is 18.5. The minimum atomic E-state index is -0.865. The molecule has 6 nitrogen and oxygen atoms in total. The van der Waals surface area contributed by atoms with E-state index in [0.29, 0.717) is 17.1 Å². The Morgan fingerprint density at radius 2 is 1.45 bits per heavy atom. The number of nitrogens with one attached hydrogen (secondary N) is 1. The minimum absolute atomic E-state index is 0.122. The first kappa shape index (κ1) is 25.5. The molecule has 0 saturated heterocycles. The molecule has 0 bridgehead atoms. The molecule has 1 unspecified atom stereocenters. The predicted molar refractivity (Wildman–Crippen MR) is 155 cm³/mol. The van der Waals surface area contributed by atoms with Crippen molar-refractivity contribution in [2.45, 2.75) is 13.8 Å². The molecule has 1 N–H and O–H groups in total. The second kappa shape index (κ2) is 11.1. The van der Waals surface area contributed by atoms with Gasteiger partial charge in [-0.2, -0.15) is 0 Å². The molecule has 1 atom stereocenters. The molecule has 0 aliphatic heterocycles. The van der Waals surface area contributed by atoms with Crippen molar-refractivity contribution >= 4 is 47.2 Å². The molecular formula is C31H28AsN3O3. The van der Waals surface area contributed by atoms with Gasteiger partial charge in [0.1, 0.15) is 0 Å². The number of amides is 1. The summed E-state index contributed by atoms with van der Waals surface area (Å²) < 4.78 is 13.0. The van der Waals surface area contributed by atoms with E-state index < -0.39 is 15.8 Å². The molecule has 0 saturated carbocycles. The van der Waals surface area contributed by atoms with Gasteiger partial charge in [0.05, 0.1) is 0 Å². The summed E-state index contributed by atoms with van der Waals surface area (Å²) in [4.78, 5) is 22.8. The number of methoxy groups -OCH3 is 2. The Bertz CT molecular complexity index is 1600. The Balaban J connectivity index is 1.46. The molecule has 0 fully saturated rings. The molecule has 7 heteroatoms. The van der Waals surface area contributed by atoms with Crippen molar-refractivity contribution in [3.63, 3.8) is 0 Å². The Morgan fingerprint density at radius 1 is 0.789 bits per heavy atom. The second-order valence-corrected chi connectivity index (χ2v) is 11.6. The number of ether oxygens (including phenoxy) is 2. The number of para-hydroxylation sites is 1. The van der Waals surface area contributed by atoms with E-state index in [0.717, 1.165) is 47.9 Å². The summed E-state index contributed by atoms with van der Waals surface area (Å²) >= 11 is -0.865. The van der Waals surface area contributed by atoms with Crippen molar-refractivity contribution in [3.8, 4) is 22.8 Å². The topological polar surface area (TPSA) is 73.3 Å². The standard InChI is InChI=1S/C31H28AsN3O3/c1-19-9-8-10-20(2)28(19)34-30(36)22-13-15-23(16-14-22)32-31-33-25-18-27(38-4)26(37-3)17-24(25)29(35-31)21-11-6-5-7-12-21/h5-18,32H,1-4H3,(H,34,36). The van der Waals surface area contributed by atoms with Gasteiger partial charge in [-0.15, -0.1) is 0 Å². The summed E-state index contributed by atoms with van der Waals surface area (Å²) in [5, 5.41) is 3.96. The summed E-state index contributed by atoms with van der Waals surface area (Å²) in [5.41, 5.74) is 6.24. The molecule has 1 amide bonds. The van der Waals surface area contributed by atoms with Crippen molar-refractivity contribution < 1.29 is 14.3 Å². The molecule has 0 radical (unpaired) electrons. The number of rotatable bonds is 7. The molecular weight excluding hydrogens is 537 g/mol. The van der Waals surface area contributed by atoms with Gasteiger partial charge < -0.3 is 0 Å². The normalized spacial score (nSPS) is 11.2. The molecule has 5 rings (SSSR count). The van der Waals surface area contributed by atoms with Crippen LogP contribution in [0.4, 0.5) is 5.69 Å². The van der Waals surface area contributed by atoms with E-state index in [-0.39, 0.29) is 5.91 Å². The van der Waals surface area contributed by atoms with Crippen LogP contribution in [0.5, 0.6) is 11.5 Å². The van der Waals surface area contributed by atoms with Crippen molar-refractivity contribution in [1.82, 2.24) is 9.97 Å². The van der Waals surface area contributed by atoms with E-state index in [1.54, 1.807) is 14.2 Å². The fraction of sp³-hybridized carbons (Fsp3) is 0.129. The van der Waals surface area contributed by atoms with Crippen LogP contribution in [0.3, 0.4) is 0 Å². The molecule has 0 aliphatic rings. The van der Waals surface area contributed by atoms with Gasteiger partial charge in [-0.3, -0.25) is 0 Å². The Morgan fingerprint density at radius 3 is 2.11 bits per heavy atom. The maximum atomic E-state index is 12.9. The summed E-state index contributed by atoms with van der Waals surface area (Å²) in [6.07, 6.45) is 0. The number of carbonyl (C=O) groups excluding carboxylic acids is 1. The van der Waals surface area contributed by atoms with Gasteiger partial charge in [-0.05, 0) is 0 Å². The summed E-state index contributed by atoms with van der Waals surface area (Å²) in [6, 6.07) is 27.7. The van der Waals surface area contributed by atoms with Crippen LogP contribution in [0.25, 0.3) is 22.2 Å². The SMILES string of the molecule is COc1cc2nc([AsH]c3ccc(C(=O)Nc4c(C)cccc4C)cc3)nc(-c3ccccc3)c2cc1OC. The van der Waals surface area contributed by atoms with E-state index in [1.807, 2.05) is 98.8 Å². The maximum absolute atomic E-state index is 12.9. The molecule has 0 spiro atoms. The fourth-order valence-corrected chi connectivity index (χ4v) is 6.32. The zero-order valence-corrected chi connectivity index (χ0v) is 23.8. The number of benzene rings is 4. The van der Waals surface area contributed by atoms with Crippen molar-refractivity contribution in [2.24, 2.45) is 0 Å². The second-order valence-electron chi connectivity index (χ2n) is 8.91. The summed E-state index contributed by atoms with van der Waals surface area (Å²) in [5.74, 6) is 1.14. The van der Waals surface area contributed by atoms with Crippen LogP contribution in [0.1, 0.15) is 21.5 Å². The summed E-state index contributed by atoms with van der Waals surface area (Å²) in [6.45, 7) is 3.99. The number of aryl methyl sites for hydroxylation is 2. The van der Waals surface area contributed by atoms with E-state index >= 15 is 0 Å². The summed E-state index contributed by atoms with van der Waals surface area (Å²) in [7, 11) is 3.25. The first-order valence-electron chi connectivity index (χ1n) is 12.2. The van der Waals surface area contributed by atoms with Crippen molar-refractivity contribution in [1.29, 1.82) is 0 Å². The zero-order chi connectivity index (χ0) is 26.6. The van der Waals surface area contributed by atoms with Gasteiger partial charge in [-0.1, -0.05) is 0 Å². The first-order valence-corrected chi connectivity index (χ1v) is 14.3. The van der Waals surface area contributed by atoms with Crippen LogP contribution in [0.15, 0.2) is 84.9 Å². The molecule has 5 aromatic rings. The van der Waals surface area contributed by atoms with Crippen LogP contribution < -0.4 is 23.8 Å². The van der Waals surface area contributed by atoms with Crippen molar-refractivity contribution in [2.75, 3.05) is 19.5 Å². The van der Waals surface area contributed by atoms with Gasteiger partial charge in [0.2, 0.25) is 0 Å². The van der Waals surface area contributed by atoms with Gasteiger partial charge in [-0.25, -0.2) is 0 Å². The quantitative estimate of drug-likeness (QED) is 0.293. The third-order valence-electron chi connectivity index (χ3n) is 6.37. The van der Waals surface area contributed by atoms with E-state index in [4.69, 9.17) is 19.4 Å². The number of anilines is 1. The molecule has 4 aromatic carbocycles. The average molecular weight is 566 g/mol. The van der Waals surface area contributed by atoms with Gasteiger partial charge in [0.25, 0.3) is 0 Å². The molecule has 190 valence electrons. The predicted octanol–water partition coefficient (Wildman–Crippen LogP) is 4.57. The number of hydrogen-bond donors (Lipinski definition) is 1. The third kappa shape index (κ3) is 5.27. The number of aromatic nitrogens is 2. The van der Waals surface area contributed by atoms with Gasteiger partial charge in [0.15, 0.2) is 0 Å². The van der Waals surface area contributed by atoms with E-state index in [1.165, 1.54) is 0 Å². The van der Waals surface area contributed by atoms with E-state index in [2.05, 4.69) is 5.32 Å². The molecule has 38 heavy (non-hydrogen) atoms. The number of fused-ring (bicyclic) bond motifs is 1. The third-order valence-corrected chi connectivity index (χ3v) is 8.61. The van der Waals surface area contributed by atoms with Crippen LogP contribution in [0, 0.1) is 13.8 Å². The van der Waals surface area contributed by atoms with Crippen molar-refractivity contribution in [3.05, 3.63) is 102 Å². The van der Waals surface area contributed by atoms with Gasteiger partial charge >= 0.3 is 229 Å². The average Bonchev–Trinajstić information content (AvgIpc) is 2.94. The zero-order valence-electron chi connectivity index (χ0n) is 21.7. The molecule has 1 heterocycles. The fourth-order valence-electron chi connectivity index (χ4n) is 4.36. The number of hydrogen-bond acceptors (Lipinski definition) is 5. The Labute approximate surface area is 228 Å². The van der Waals surface area contributed by atoms with Gasteiger partial charge in [0, 0.05) is 0 Å². The van der Waals surface area contributed by atoms with Crippen LogP contribution in [0.2, 0.25) is 0 Å². The Kier molecular flexibility index (Phi) is 7.43. The number of carbonyl (C=O) groups is 1. The molecule has 0 aliphatic carbocycles. The van der Waals surface area contributed by atoms with Crippen LogP contribution in [-0.2, 0) is 0 Å². The number of nitrogens with zero attached hydrogens (tertiary/aromatic N) is 2. The monoisotopic (exact) mass is 565 g/mol. The van der Waals surface area contributed by atoms with E-state index in [9.17, 15) is 4.79 Å². The van der Waals surface area contributed by atoms with Crippen LogP contribution in [-0.4, -0.2) is 45.8 Å². The molecule has 1 aromatic heterocycles. The Hall–Kier alpha value is -4.15.